The number of amidine groups is 1. The molecule has 2 heterocycles. The number of hydrogen-bond donors (Lipinski definition) is 2. The molecule has 2 aliphatic heterocycles. The Bertz CT molecular complexity index is 996. The number of carbonyl (C=O) groups is 2. The van der Waals surface area contributed by atoms with Gasteiger partial charge in [0.1, 0.15) is 0 Å². The molecule has 0 radical (unpaired) electrons. The second-order valence-corrected chi connectivity index (χ2v) is 7.51. The Kier molecular flexibility index (Phi) is 5.00. The Balaban J connectivity index is 1.39. The summed E-state index contributed by atoms with van der Waals surface area (Å²) >= 11 is 1.77. The molecule has 8 heteroatoms. The van der Waals surface area contributed by atoms with Crippen LogP contribution in [0.15, 0.2) is 53.5 Å². The van der Waals surface area contributed by atoms with E-state index in [2.05, 4.69) is 15.5 Å². The predicted molar refractivity (Wildman–Crippen MR) is 108 cm³/mol. The third-order valence-corrected chi connectivity index (χ3v) is 5.56. The quantitative estimate of drug-likeness (QED) is 0.838. The average Bonchev–Trinajstić information content (AvgIpc) is 3.30. The number of carbonyl (C=O) groups excluding carboxylic acids is 2. The lowest BCUT2D eigenvalue weighted by molar-refractivity contribution is 0.0967. The summed E-state index contributed by atoms with van der Waals surface area (Å²) in [4.78, 5) is 31.3. The fraction of sp³-hybridized carbons (Fsp3) is 0.200. The first-order valence-corrected chi connectivity index (χ1v) is 9.79. The summed E-state index contributed by atoms with van der Waals surface area (Å²) in [6.07, 6.45) is 0. The van der Waals surface area contributed by atoms with E-state index >= 15 is 0 Å². The number of urea groups is 1. The lowest BCUT2D eigenvalue weighted by atomic mass is 10.1. The van der Waals surface area contributed by atoms with E-state index < -0.39 is 11.9 Å². The van der Waals surface area contributed by atoms with Crippen LogP contribution in [0.5, 0.6) is 0 Å². The van der Waals surface area contributed by atoms with Crippen LogP contribution in [0.25, 0.3) is 0 Å². The number of rotatable bonds is 3. The largest absolute Gasteiger partial charge is 0.348 e. The lowest BCUT2D eigenvalue weighted by Crippen LogP contribution is -2.34. The van der Waals surface area contributed by atoms with Gasteiger partial charge in [0.15, 0.2) is 5.17 Å². The van der Waals surface area contributed by atoms with E-state index in [0.29, 0.717) is 16.8 Å². The Hall–Kier alpha value is -3.31. The maximum atomic E-state index is 12.2. The van der Waals surface area contributed by atoms with E-state index in [0.717, 1.165) is 29.6 Å². The van der Waals surface area contributed by atoms with Crippen molar-refractivity contribution in [2.45, 2.75) is 6.04 Å². The molecular formula is C20H17N5O2S. The van der Waals surface area contributed by atoms with Gasteiger partial charge >= 0.3 is 6.03 Å². The van der Waals surface area contributed by atoms with Crippen molar-refractivity contribution in [3.63, 3.8) is 0 Å². The van der Waals surface area contributed by atoms with Crippen molar-refractivity contribution in [2.24, 2.45) is 4.99 Å². The third-order valence-electron chi connectivity index (χ3n) is 4.56. The zero-order chi connectivity index (χ0) is 19.5. The Morgan fingerprint density at radius 1 is 1.21 bits per heavy atom. The van der Waals surface area contributed by atoms with Crippen molar-refractivity contribution in [3.05, 3.63) is 65.2 Å². The van der Waals surface area contributed by atoms with Gasteiger partial charge in [-0.05, 0) is 42.0 Å². The molecule has 0 saturated carbocycles. The molecule has 0 spiro atoms. The monoisotopic (exact) mass is 391 g/mol. The van der Waals surface area contributed by atoms with Gasteiger partial charge in [0, 0.05) is 30.1 Å². The minimum atomic E-state index is -0.611. The molecular weight excluding hydrogens is 374 g/mol. The number of aliphatic imine (C=N–C) groups is 1. The highest BCUT2D eigenvalue weighted by Gasteiger charge is 2.30. The number of benzene rings is 2. The van der Waals surface area contributed by atoms with E-state index in [9.17, 15) is 9.59 Å². The first kappa shape index (κ1) is 18.1. The first-order chi connectivity index (χ1) is 13.6. The van der Waals surface area contributed by atoms with E-state index in [1.165, 1.54) is 24.3 Å². The average molecular weight is 391 g/mol. The number of nitriles is 1. The molecule has 2 aliphatic rings. The van der Waals surface area contributed by atoms with Gasteiger partial charge in [0.05, 0.1) is 17.7 Å². The van der Waals surface area contributed by atoms with Gasteiger partial charge in [-0.2, -0.15) is 5.26 Å². The van der Waals surface area contributed by atoms with Gasteiger partial charge in [-0.15, -0.1) is 0 Å². The number of nitrogens with zero attached hydrogens (tertiary/aromatic N) is 3. The summed E-state index contributed by atoms with van der Waals surface area (Å²) in [5.41, 5.74) is 2.39. The van der Waals surface area contributed by atoms with Gasteiger partial charge in [0.2, 0.25) is 0 Å². The van der Waals surface area contributed by atoms with Crippen LogP contribution in [-0.4, -0.2) is 40.8 Å². The van der Waals surface area contributed by atoms with Crippen molar-refractivity contribution in [1.82, 2.24) is 10.2 Å². The minimum absolute atomic E-state index is 0.0629. The number of anilines is 1. The second-order valence-electron chi connectivity index (χ2n) is 6.44. The molecule has 1 saturated heterocycles. The van der Waals surface area contributed by atoms with Gasteiger partial charge in [-0.1, -0.05) is 23.9 Å². The zero-order valence-corrected chi connectivity index (χ0v) is 15.7. The van der Waals surface area contributed by atoms with Gasteiger partial charge in [0.25, 0.3) is 5.91 Å². The van der Waals surface area contributed by atoms with Crippen LogP contribution >= 0.6 is 11.8 Å². The first-order valence-electron chi connectivity index (χ1n) is 8.80. The Morgan fingerprint density at radius 2 is 2.04 bits per heavy atom. The highest BCUT2D eigenvalue weighted by molar-refractivity contribution is 8.14. The number of amides is 3. The van der Waals surface area contributed by atoms with E-state index in [4.69, 9.17) is 10.3 Å². The predicted octanol–water partition coefficient (Wildman–Crippen LogP) is 2.98. The molecule has 2 aromatic rings. The molecule has 0 bridgehead atoms. The maximum Gasteiger partial charge on any atom is 0.326 e. The van der Waals surface area contributed by atoms with Crippen LogP contribution in [-0.2, 0) is 0 Å². The summed E-state index contributed by atoms with van der Waals surface area (Å²) in [5.74, 6) is 0.554. The Labute approximate surface area is 166 Å². The third kappa shape index (κ3) is 3.85. The Morgan fingerprint density at radius 3 is 2.79 bits per heavy atom. The van der Waals surface area contributed by atoms with Crippen LogP contribution in [0.3, 0.4) is 0 Å². The van der Waals surface area contributed by atoms with Crippen LogP contribution in [0.1, 0.15) is 27.5 Å². The van der Waals surface area contributed by atoms with Crippen molar-refractivity contribution >= 4 is 34.6 Å². The molecule has 28 heavy (non-hydrogen) atoms. The second kappa shape index (κ2) is 7.74. The highest BCUT2D eigenvalue weighted by atomic mass is 32.2. The highest BCUT2D eigenvalue weighted by Crippen LogP contribution is 2.32. The summed E-state index contributed by atoms with van der Waals surface area (Å²) in [6, 6.07) is 15.0. The lowest BCUT2D eigenvalue weighted by Gasteiger charge is -2.14. The molecule has 1 unspecified atom stereocenters. The molecule has 1 fully saturated rings. The number of fused-ring (bicyclic) bond motifs is 1. The molecule has 2 N–H and O–H groups in total. The standard InChI is InChI=1S/C20H17N5O2S/c21-11-13-4-6-14(7-5-13)18(26)24-19(27)22-16-3-1-2-15(10-16)17-12-25-8-9-28-20(25)23-17/h1-7,10,17H,8-9,12H2,(H2,22,24,26,27). The zero-order valence-electron chi connectivity index (χ0n) is 14.9. The van der Waals surface area contributed by atoms with Crippen molar-refractivity contribution in [2.75, 3.05) is 24.2 Å². The van der Waals surface area contributed by atoms with Crippen LogP contribution in [0.2, 0.25) is 0 Å². The summed E-state index contributed by atoms with van der Waals surface area (Å²) in [5, 5.41) is 14.9. The maximum absolute atomic E-state index is 12.2. The molecule has 7 nitrogen and oxygen atoms in total. The van der Waals surface area contributed by atoms with Crippen LogP contribution < -0.4 is 10.6 Å². The molecule has 1 atom stereocenters. The van der Waals surface area contributed by atoms with E-state index in [-0.39, 0.29) is 6.04 Å². The summed E-state index contributed by atoms with van der Waals surface area (Å²) in [7, 11) is 0. The number of hydrogen-bond acceptors (Lipinski definition) is 6. The van der Waals surface area contributed by atoms with E-state index in [1.54, 1.807) is 17.8 Å². The minimum Gasteiger partial charge on any atom is -0.348 e. The number of imide groups is 1. The molecule has 0 aromatic heterocycles. The van der Waals surface area contributed by atoms with Gasteiger partial charge in [-0.25, -0.2) is 4.79 Å². The molecule has 0 aliphatic carbocycles. The van der Waals surface area contributed by atoms with Gasteiger partial charge < -0.3 is 10.2 Å². The number of thioether (sulfide) groups is 1. The normalized spacial score (nSPS) is 17.5. The van der Waals surface area contributed by atoms with Gasteiger partial charge in [-0.3, -0.25) is 15.1 Å². The molecule has 3 amide bonds. The molecule has 140 valence electrons. The SMILES string of the molecule is N#Cc1ccc(C(=O)NC(=O)Nc2cccc(C3CN4CCSC4=N3)c2)cc1. The molecule has 2 aromatic carbocycles. The van der Waals surface area contributed by atoms with Crippen LogP contribution in [0, 0.1) is 11.3 Å². The fourth-order valence-electron chi connectivity index (χ4n) is 3.14. The smallest absolute Gasteiger partial charge is 0.326 e. The number of nitrogens with one attached hydrogen (secondary N) is 2. The van der Waals surface area contributed by atoms with Crippen molar-refractivity contribution in [1.29, 1.82) is 5.26 Å². The summed E-state index contributed by atoms with van der Waals surface area (Å²) < 4.78 is 0. The van der Waals surface area contributed by atoms with Crippen molar-refractivity contribution in [3.8, 4) is 6.07 Å². The topological polar surface area (TPSA) is 97.6 Å². The molecule has 4 rings (SSSR count). The van der Waals surface area contributed by atoms with E-state index in [1.807, 2.05) is 24.3 Å². The summed E-state index contributed by atoms with van der Waals surface area (Å²) in [6.45, 7) is 1.88. The van der Waals surface area contributed by atoms with Crippen molar-refractivity contribution < 1.29 is 9.59 Å². The fourth-order valence-corrected chi connectivity index (χ4v) is 4.19. The van der Waals surface area contributed by atoms with Crippen LogP contribution in [0.4, 0.5) is 10.5 Å².